The van der Waals surface area contributed by atoms with E-state index < -0.39 is 0 Å². The maximum absolute atomic E-state index is 12.1. The summed E-state index contributed by atoms with van der Waals surface area (Å²) in [4.78, 5) is 16.6. The van der Waals surface area contributed by atoms with E-state index in [9.17, 15) is 4.79 Å². The molecule has 4 rings (SSSR count). The van der Waals surface area contributed by atoms with E-state index in [2.05, 4.69) is 15.5 Å². The van der Waals surface area contributed by atoms with Crippen molar-refractivity contribution < 1.29 is 13.9 Å². The molecule has 4 aromatic rings. The van der Waals surface area contributed by atoms with Crippen LogP contribution in [0.1, 0.15) is 16.7 Å². The Balaban J connectivity index is 1.38. The number of thioether (sulfide) groups is 1. The van der Waals surface area contributed by atoms with E-state index in [1.54, 1.807) is 25.5 Å². The molecule has 0 fully saturated rings. The molecule has 0 unspecified atom stereocenters. The summed E-state index contributed by atoms with van der Waals surface area (Å²) >= 11 is 7.35. The van der Waals surface area contributed by atoms with Crippen molar-refractivity contribution in [3.8, 4) is 5.75 Å². The summed E-state index contributed by atoms with van der Waals surface area (Å²) in [5.41, 5.74) is 6.82. The van der Waals surface area contributed by atoms with Crippen molar-refractivity contribution in [1.29, 1.82) is 0 Å². The fourth-order valence-electron chi connectivity index (χ4n) is 3.05. The van der Waals surface area contributed by atoms with Crippen molar-refractivity contribution in [1.82, 2.24) is 10.4 Å². The molecule has 1 aromatic heterocycles. The molecule has 0 aliphatic rings. The van der Waals surface area contributed by atoms with Gasteiger partial charge in [-0.05, 0) is 53.6 Å². The average Bonchev–Trinajstić information content (AvgIpc) is 3.22. The summed E-state index contributed by atoms with van der Waals surface area (Å²) in [6, 6.07) is 20.5. The van der Waals surface area contributed by atoms with E-state index >= 15 is 0 Å². The number of benzene rings is 3. The molecule has 0 saturated heterocycles. The van der Waals surface area contributed by atoms with E-state index in [0.717, 1.165) is 33.5 Å². The van der Waals surface area contributed by atoms with E-state index in [4.69, 9.17) is 20.8 Å². The van der Waals surface area contributed by atoms with Gasteiger partial charge in [-0.15, -0.1) is 0 Å². The standard InChI is InChI=1S/C24H20ClN3O3S/c1-30-21-11-8-17(14-26-28-23(29)13-16-6-9-19(25)10-7-16)12-18(21)15-32-24-27-20-4-2-3-5-22(20)31-24/h2-12,14H,13,15H2,1H3,(H,28,29)/b26-14+. The maximum Gasteiger partial charge on any atom is 0.257 e. The second-order valence-corrected chi connectivity index (χ2v) is 8.27. The van der Waals surface area contributed by atoms with Crippen LogP contribution < -0.4 is 10.2 Å². The molecule has 6 nitrogen and oxygen atoms in total. The third kappa shape index (κ3) is 5.69. The fourth-order valence-corrected chi connectivity index (χ4v) is 3.99. The Labute approximate surface area is 194 Å². The Kier molecular flexibility index (Phi) is 7.09. The third-order valence-corrected chi connectivity index (χ3v) is 5.74. The van der Waals surface area contributed by atoms with Gasteiger partial charge >= 0.3 is 0 Å². The van der Waals surface area contributed by atoms with Crippen LogP contribution in [0.5, 0.6) is 5.75 Å². The predicted molar refractivity (Wildman–Crippen MR) is 127 cm³/mol. The van der Waals surface area contributed by atoms with Gasteiger partial charge in [-0.2, -0.15) is 5.10 Å². The van der Waals surface area contributed by atoms with Gasteiger partial charge in [-0.3, -0.25) is 4.79 Å². The first kappa shape index (κ1) is 21.9. The van der Waals surface area contributed by atoms with Gasteiger partial charge in [0.25, 0.3) is 5.22 Å². The van der Waals surface area contributed by atoms with Gasteiger partial charge in [0.2, 0.25) is 5.91 Å². The van der Waals surface area contributed by atoms with Crippen molar-refractivity contribution in [3.05, 3.63) is 88.4 Å². The Morgan fingerprint density at radius 2 is 2.00 bits per heavy atom. The van der Waals surface area contributed by atoms with Crippen molar-refractivity contribution in [2.24, 2.45) is 5.10 Å². The highest BCUT2D eigenvalue weighted by atomic mass is 35.5. The number of hydrazone groups is 1. The first-order valence-corrected chi connectivity index (χ1v) is 11.2. The Hall–Kier alpha value is -3.29. The largest absolute Gasteiger partial charge is 0.496 e. The fraction of sp³-hybridized carbons (Fsp3) is 0.125. The first-order valence-electron chi connectivity index (χ1n) is 9.82. The second-order valence-electron chi connectivity index (χ2n) is 6.90. The topological polar surface area (TPSA) is 76.7 Å². The first-order chi connectivity index (χ1) is 15.6. The lowest BCUT2D eigenvalue weighted by atomic mass is 10.1. The zero-order chi connectivity index (χ0) is 22.3. The van der Waals surface area contributed by atoms with Gasteiger partial charge in [-0.1, -0.05) is 47.6 Å². The van der Waals surface area contributed by atoms with Crippen LogP contribution in [-0.2, 0) is 17.0 Å². The molecule has 32 heavy (non-hydrogen) atoms. The van der Waals surface area contributed by atoms with Crippen LogP contribution in [0, 0.1) is 0 Å². The number of oxazole rings is 1. The molecule has 0 bridgehead atoms. The van der Waals surface area contributed by atoms with Crippen LogP contribution in [0.2, 0.25) is 5.02 Å². The molecule has 0 aliphatic carbocycles. The number of methoxy groups -OCH3 is 1. The summed E-state index contributed by atoms with van der Waals surface area (Å²) in [6.07, 6.45) is 1.83. The van der Waals surface area contributed by atoms with Gasteiger partial charge in [0.05, 0.1) is 19.7 Å². The maximum atomic E-state index is 12.1. The molecule has 3 aromatic carbocycles. The number of rotatable bonds is 8. The van der Waals surface area contributed by atoms with Crippen LogP contribution in [0.3, 0.4) is 0 Å². The van der Waals surface area contributed by atoms with Crippen molar-refractivity contribution in [2.45, 2.75) is 17.4 Å². The number of ether oxygens (including phenoxy) is 1. The zero-order valence-electron chi connectivity index (χ0n) is 17.2. The molecule has 0 spiro atoms. The number of nitrogens with one attached hydrogen (secondary N) is 1. The second kappa shape index (κ2) is 10.3. The minimum absolute atomic E-state index is 0.205. The lowest BCUT2D eigenvalue weighted by Crippen LogP contribution is -2.19. The van der Waals surface area contributed by atoms with Gasteiger partial charge in [-0.25, -0.2) is 10.4 Å². The third-order valence-electron chi connectivity index (χ3n) is 4.61. The summed E-state index contributed by atoms with van der Waals surface area (Å²) in [7, 11) is 1.63. The van der Waals surface area contributed by atoms with E-state index in [1.165, 1.54) is 11.8 Å². The molecular formula is C24H20ClN3O3S. The van der Waals surface area contributed by atoms with Crippen LogP contribution in [-0.4, -0.2) is 24.2 Å². The molecular weight excluding hydrogens is 446 g/mol. The number of hydrogen-bond acceptors (Lipinski definition) is 6. The molecule has 8 heteroatoms. The Morgan fingerprint density at radius 1 is 1.19 bits per heavy atom. The molecule has 0 aliphatic heterocycles. The summed E-state index contributed by atoms with van der Waals surface area (Å²) in [5.74, 6) is 1.17. The lowest BCUT2D eigenvalue weighted by Gasteiger charge is -2.08. The molecule has 0 radical (unpaired) electrons. The lowest BCUT2D eigenvalue weighted by molar-refractivity contribution is -0.120. The van der Waals surface area contributed by atoms with Crippen LogP contribution in [0.15, 0.2) is 81.5 Å². The van der Waals surface area contributed by atoms with Crippen LogP contribution >= 0.6 is 23.4 Å². The van der Waals surface area contributed by atoms with E-state index in [1.807, 2.05) is 54.6 Å². The number of carbonyl (C=O) groups is 1. The highest BCUT2D eigenvalue weighted by molar-refractivity contribution is 7.98. The van der Waals surface area contributed by atoms with Crippen LogP contribution in [0.25, 0.3) is 11.1 Å². The minimum Gasteiger partial charge on any atom is -0.496 e. The number of amides is 1. The average molecular weight is 466 g/mol. The molecule has 1 heterocycles. The van der Waals surface area contributed by atoms with Crippen molar-refractivity contribution >= 4 is 46.6 Å². The zero-order valence-corrected chi connectivity index (χ0v) is 18.8. The Morgan fingerprint density at radius 3 is 2.78 bits per heavy atom. The number of nitrogens with zero attached hydrogens (tertiary/aromatic N) is 2. The highest BCUT2D eigenvalue weighted by Gasteiger charge is 2.10. The number of hydrogen-bond donors (Lipinski definition) is 1. The molecule has 162 valence electrons. The van der Waals surface area contributed by atoms with Gasteiger partial charge in [0.15, 0.2) is 5.58 Å². The number of aromatic nitrogens is 1. The van der Waals surface area contributed by atoms with E-state index in [0.29, 0.717) is 16.0 Å². The molecule has 1 N–H and O–H groups in total. The number of para-hydroxylation sites is 2. The Bertz CT molecular complexity index is 1220. The van der Waals surface area contributed by atoms with Gasteiger partial charge in [0, 0.05) is 16.3 Å². The summed E-state index contributed by atoms with van der Waals surface area (Å²) in [6.45, 7) is 0. The molecule has 0 saturated carbocycles. The van der Waals surface area contributed by atoms with E-state index in [-0.39, 0.29) is 12.3 Å². The number of fused-ring (bicyclic) bond motifs is 1. The quantitative estimate of drug-likeness (QED) is 0.212. The smallest absolute Gasteiger partial charge is 0.257 e. The monoisotopic (exact) mass is 465 g/mol. The van der Waals surface area contributed by atoms with Crippen molar-refractivity contribution in [3.63, 3.8) is 0 Å². The summed E-state index contributed by atoms with van der Waals surface area (Å²) in [5, 5.41) is 5.30. The van der Waals surface area contributed by atoms with Crippen LogP contribution in [0.4, 0.5) is 0 Å². The normalized spacial score (nSPS) is 11.2. The SMILES string of the molecule is COc1ccc(/C=N/NC(=O)Cc2ccc(Cl)cc2)cc1CSc1nc2ccccc2o1. The van der Waals surface area contributed by atoms with Gasteiger partial charge < -0.3 is 9.15 Å². The van der Waals surface area contributed by atoms with Crippen molar-refractivity contribution in [2.75, 3.05) is 7.11 Å². The molecule has 1 amide bonds. The molecule has 0 atom stereocenters. The number of carbonyl (C=O) groups excluding carboxylic acids is 1. The number of halogens is 1. The highest BCUT2D eigenvalue weighted by Crippen LogP contribution is 2.30. The predicted octanol–water partition coefficient (Wildman–Crippen LogP) is 5.47. The minimum atomic E-state index is -0.205. The van der Waals surface area contributed by atoms with Gasteiger partial charge in [0.1, 0.15) is 11.3 Å². The summed E-state index contributed by atoms with van der Waals surface area (Å²) < 4.78 is 11.2.